The molecule has 0 aromatic carbocycles. The van der Waals surface area contributed by atoms with Crippen LogP contribution in [0.4, 0.5) is 0 Å². The van der Waals surface area contributed by atoms with E-state index in [1.54, 1.807) is 6.92 Å². The predicted octanol–water partition coefficient (Wildman–Crippen LogP) is -3.14. The van der Waals surface area contributed by atoms with Crippen molar-refractivity contribution in [3.05, 3.63) is 22.3 Å². The van der Waals surface area contributed by atoms with Crippen LogP contribution < -0.4 is 34.7 Å². The molecule has 2 heterocycles. The Hall–Kier alpha value is -0.530. The van der Waals surface area contributed by atoms with Gasteiger partial charge in [0.2, 0.25) is 0 Å². The molecule has 2 aromatic heterocycles. The molecule has 0 atom stereocenters. The van der Waals surface area contributed by atoms with E-state index in [0.717, 1.165) is 5.01 Å². The number of aromatic nitrogens is 2. The van der Waals surface area contributed by atoms with Crippen molar-refractivity contribution < 1.29 is 44.6 Å². The van der Waals surface area contributed by atoms with E-state index in [2.05, 4.69) is 9.97 Å². The Labute approximate surface area is 117 Å². The summed E-state index contributed by atoms with van der Waals surface area (Å²) < 4.78 is 0. The third-order valence-corrected chi connectivity index (χ3v) is 2.89. The van der Waals surface area contributed by atoms with Crippen molar-refractivity contribution in [3.63, 3.8) is 0 Å². The molecule has 16 heavy (non-hydrogen) atoms. The molecule has 7 heteroatoms. The zero-order chi connectivity index (χ0) is 11.0. The second-order valence-corrected chi connectivity index (χ2v) is 4.16. The molecule has 2 rings (SSSR count). The normalized spacial score (nSPS) is 10.1. The van der Waals surface area contributed by atoms with E-state index in [9.17, 15) is 9.90 Å². The second-order valence-electron chi connectivity index (χ2n) is 2.98. The van der Waals surface area contributed by atoms with Crippen LogP contribution in [0.1, 0.15) is 20.9 Å². The SMILES string of the molecule is Cc1nc2c(CO)c(C(=O)[O-])cnc2s1.[Na+]. The summed E-state index contributed by atoms with van der Waals surface area (Å²) in [4.78, 5) is 19.5. The van der Waals surface area contributed by atoms with E-state index < -0.39 is 5.97 Å². The molecule has 0 saturated carbocycles. The Bertz CT molecular complexity index is 541. The van der Waals surface area contributed by atoms with Gasteiger partial charge in [0.1, 0.15) is 10.3 Å². The maximum Gasteiger partial charge on any atom is 1.00 e. The molecule has 0 radical (unpaired) electrons. The van der Waals surface area contributed by atoms with Crippen LogP contribution in [0.15, 0.2) is 6.20 Å². The molecule has 78 valence electrons. The molecule has 0 spiro atoms. The van der Waals surface area contributed by atoms with Gasteiger partial charge in [-0.15, -0.1) is 0 Å². The number of hydrogen-bond acceptors (Lipinski definition) is 6. The summed E-state index contributed by atoms with van der Waals surface area (Å²) in [5.41, 5.74) is 0.612. The second kappa shape index (κ2) is 5.20. The first-order valence-corrected chi connectivity index (χ1v) is 5.02. The van der Waals surface area contributed by atoms with Crippen LogP contribution in [0.2, 0.25) is 0 Å². The largest absolute Gasteiger partial charge is 1.00 e. The number of aliphatic hydroxyl groups excluding tert-OH is 1. The number of aromatic carboxylic acids is 1. The average molecular weight is 246 g/mol. The maximum absolute atomic E-state index is 10.7. The minimum atomic E-state index is -1.35. The van der Waals surface area contributed by atoms with Gasteiger partial charge >= 0.3 is 29.6 Å². The van der Waals surface area contributed by atoms with Crippen molar-refractivity contribution in [2.75, 3.05) is 0 Å². The number of pyridine rings is 1. The molecular formula is C9H7N2NaO3S. The average Bonchev–Trinajstić information content (AvgIpc) is 2.55. The molecule has 0 fully saturated rings. The topological polar surface area (TPSA) is 86.1 Å². The Kier molecular flexibility index (Phi) is 4.40. The van der Waals surface area contributed by atoms with Crippen LogP contribution >= 0.6 is 11.3 Å². The fourth-order valence-electron chi connectivity index (χ4n) is 1.37. The quantitative estimate of drug-likeness (QED) is 0.566. The number of aliphatic hydroxyl groups is 1. The molecule has 0 aliphatic carbocycles. The van der Waals surface area contributed by atoms with Gasteiger partial charge in [0, 0.05) is 17.3 Å². The van der Waals surface area contributed by atoms with Gasteiger partial charge in [-0.05, 0) is 6.92 Å². The van der Waals surface area contributed by atoms with Crippen molar-refractivity contribution in [2.24, 2.45) is 0 Å². The van der Waals surface area contributed by atoms with E-state index in [0.29, 0.717) is 10.3 Å². The summed E-state index contributed by atoms with van der Waals surface area (Å²) in [5, 5.41) is 20.6. The number of carbonyl (C=O) groups excluding carboxylic acids is 1. The number of nitrogens with zero attached hydrogens (tertiary/aromatic N) is 2. The Morgan fingerprint density at radius 1 is 1.62 bits per heavy atom. The molecule has 0 bridgehead atoms. The Balaban J connectivity index is 0.00000128. The first-order valence-electron chi connectivity index (χ1n) is 4.20. The summed E-state index contributed by atoms with van der Waals surface area (Å²) in [6.45, 7) is 1.41. The van der Waals surface area contributed by atoms with Gasteiger partial charge in [-0.1, -0.05) is 11.3 Å². The van der Waals surface area contributed by atoms with Crippen molar-refractivity contribution >= 4 is 27.7 Å². The van der Waals surface area contributed by atoms with Gasteiger partial charge < -0.3 is 15.0 Å². The van der Waals surface area contributed by atoms with Crippen LogP contribution in [0.25, 0.3) is 10.3 Å². The summed E-state index contributed by atoms with van der Waals surface area (Å²) in [5.74, 6) is -1.35. The van der Waals surface area contributed by atoms with Crippen molar-refractivity contribution in [2.45, 2.75) is 13.5 Å². The van der Waals surface area contributed by atoms with E-state index in [-0.39, 0.29) is 47.3 Å². The third-order valence-electron chi connectivity index (χ3n) is 2.02. The van der Waals surface area contributed by atoms with Crippen molar-refractivity contribution in [1.29, 1.82) is 0 Å². The van der Waals surface area contributed by atoms with Gasteiger partial charge in [0.15, 0.2) is 0 Å². The van der Waals surface area contributed by atoms with E-state index in [1.165, 1.54) is 17.5 Å². The molecule has 0 saturated heterocycles. The molecule has 0 aliphatic rings. The summed E-state index contributed by atoms with van der Waals surface area (Å²) in [7, 11) is 0. The number of rotatable bonds is 2. The van der Waals surface area contributed by atoms with Crippen LogP contribution in [0.5, 0.6) is 0 Å². The number of carboxylic acids is 1. The number of aryl methyl sites for hydroxylation is 1. The van der Waals surface area contributed by atoms with Crippen molar-refractivity contribution in [3.8, 4) is 0 Å². The monoisotopic (exact) mass is 246 g/mol. The molecule has 0 unspecified atom stereocenters. The number of thiazole rings is 1. The van der Waals surface area contributed by atoms with Crippen LogP contribution in [-0.2, 0) is 6.61 Å². The molecule has 0 amide bonds. The first-order chi connectivity index (χ1) is 7.13. The fourth-order valence-corrected chi connectivity index (χ4v) is 2.15. The van der Waals surface area contributed by atoms with Crippen LogP contribution in [0, 0.1) is 6.92 Å². The number of carbonyl (C=O) groups is 1. The first kappa shape index (κ1) is 13.5. The fraction of sp³-hybridized carbons (Fsp3) is 0.222. The molecule has 2 aromatic rings. The van der Waals surface area contributed by atoms with E-state index >= 15 is 0 Å². The minimum absolute atomic E-state index is 0. The van der Waals surface area contributed by atoms with Gasteiger partial charge in [-0.25, -0.2) is 9.97 Å². The van der Waals surface area contributed by atoms with Gasteiger partial charge in [-0.3, -0.25) is 0 Å². The zero-order valence-electron chi connectivity index (χ0n) is 8.85. The molecule has 0 aliphatic heterocycles. The van der Waals surface area contributed by atoms with Gasteiger partial charge in [0.25, 0.3) is 0 Å². The smallest absolute Gasteiger partial charge is 0.545 e. The molecule has 1 N–H and O–H groups in total. The Morgan fingerprint density at radius 2 is 2.31 bits per heavy atom. The number of hydrogen-bond donors (Lipinski definition) is 1. The Morgan fingerprint density at radius 3 is 2.88 bits per heavy atom. The summed E-state index contributed by atoms with van der Waals surface area (Å²) >= 11 is 1.36. The van der Waals surface area contributed by atoms with E-state index in [4.69, 9.17) is 5.11 Å². The number of carboxylic acid groups (broad SMARTS) is 1. The predicted molar refractivity (Wildman–Crippen MR) is 52.4 cm³/mol. The van der Waals surface area contributed by atoms with Gasteiger partial charge in [0.05, 0.1) is 17.6 Å². The third kappa shape index (κ3) is 2.26. The van der Waals surface area contributed by atoms with Crippen LogP contribution in [0.3, 0.4) is 0 Å². The van der Waals surface area contributed by atoms with E-state index in [1.807, 2.05) is 0 Å². The minimum Gasteiger partial charge on any atom is -0.545 e. The van der Waals surface area contributed by atoms with Crippen LogP contribution in [-0.4, -0.2) is 21.0 Å². The maximum atomic E-state index is 10.7. The summed E-state index contributed by atoms with van der Waals surface area (Å²) in [6, 6.07) is 0. The van der Waals surface area contributed by atoms with Gasteiger partial charge in [-0.2, -0.15) is 0 Å². The molecule has 5 nitrogen and oxygen atoms in total. The zero-order valence-corrected chi connectivity index (χ0v) is 11.7. The number of fused-ring (bicyclic) bond motifs is 1. The standard InChI is InChI=1S/C9H8N2O3S.Na/c1-4-11-7-6(3-12)5(9(13)14)2-10-8(7)15-4;/h2,12H,3H2,1H3,(H,13,14);/q;+1/p-1. The van der Waals surface area contributed by atoms with Crippen molar-refractivity contribution in [1.82, 2.24) is 9.97 Å². The molecular weight excluding hydrogens is 239 g/mol. The summed E-state index contributed by atoms with van der Waals surface area (Å²) in [6.07, 6.45) is 1.20.